The molecule has 3 nitrogen and oxygen atoms in total. The second-order valence-corrected chi connectivity index (χ2v) is 4.50. The maximum absolute atomic E-state index is 5.70. The molecule has 0 N–H and O–H groups in total. The van der Waals surface area contributed by atoms with Crippen LogP contribution in [-0.4, -0.2) is 43.4 Å². The van der Waals surface area contributed by atoms with E-state index in [0.29, 0.717) is 6.10 Å². The number of nitrogens with zero attached hydrogens (tertiary/aromatic N) is 1. The van der Waals surface area contributed by atoms with Crippen molar-refractivity contribution >= 4 is 0 Å². The zero-order valence-electron chi connectivity index (χ0n) is 9.34. The van der Waals surface area contributed by atoms with Crippen LogP contribution in [0.15, 0.2) is 30.3 Å². The van der Waals surface area contributed by atoms with Crippen molar-refractivity contribution in [3.05, 3.63) is 35.9 Å². The summed E-state index contributed by atoms with van der Waals surface area (Å²) >= 11 is 0. The van der Waals surface area contributed by atoms with Crippen molar-refractivity contribution < 1.29 is 9.47 Å². The van der Waals surface area contributed by atoms with Crippen molar-refractivity contribution in [3.8, 4) is 0 Å². The second kappa shape index (κ2) is 4.53. The highest BCUT2D eigenvalue weighted by Crippen LogP contribution is 2.21. The number of hydrogen-bond acceptors (Lipinski definition) is 3. The van der Waals surface area contributed by atoms with Crippen LogP contribution in [0.2, 0.25) is 0 Å². The van der Waals surface area contributed by atoms with Gasteiger partial charge in [0, 0.05) is 19.6 Å². The lowest BCUT2D eigenvalue weighted by Gasteiger charge is -2.32. The SMILES string of the molecule is c1ccc(CN2CCOC(C3CO3)C2)cc1. The molecule has 2 heterocycles. The molecule has 2 aliphatic rings. The minimum absolute atomic E-state index is 0.289. The lowest BCUT2D eigenvalue weighted by Crippen LogP contribution is -2.44. The number of hydrogen-bond donors (Lipinski definition) is 0. The van der Waals surface area contributed by atoms with Crippen molar-refractivity contribution in [2.45, 2.75) is 18.8 Å². The van der Waals surface area contributed by atoms with Crippen molar-refractivity contribution in [2.75, 3.05) is 26.3 Å². The monoisotopic (exact) mass is 219 g/mol. The van der Waals surface area contributed by atoms with E-state index in [-0.39, 0.29) is 6.10 Å². The van der Waals surface area contributed by atoms with Gasteiger partial charge in [-0.3, -0.25) is 4.90 Å². The Kier molecular flexibility index (Phi) is 2.91. The molecule has 2 unspecified atom stereocenters. The Morgan fingerprint density at radius 3 is 2.69 bits per heavy atom. The molecule has 3 heteroatoms. The average molecular weight is 219 g/mol. The van der Waals surface area contributed by atoms with Gasteiger partial charge >= 0.3 is 0 Å². The summed E-state index contributed by atoms with van der Waals surface area (Å²) in [6.07, 6.45) is 0.649. The molecule has 0 bridgehead atoms. The van der Waals surface area contributed by atoms with Crippen LogP contribution in [0, 0.1) is 0 Å². The third kappa shape index (κ3) is 2.43. The van der Waals surface area contributed by atoms with Crippen LogP contribution in [-0.2, 0) is 16.0 Å². The fraction of sp³-hybridized carbons (Fsp3) is 0.538. The Bertz CT molecular complexity index is 337. The van der Waals surface area contributed by atoms with Gasteiger partial charge in [-0.2, -0.15) is 0 Å². The maximum Gasteiger partial charge on any atom is 0.108 e. The van der Waals surface area contributed by atoms with Crippen LogP contribution in [0.1, 0.15) is 5.56 Å². The minimum atomic E-state index is 0.289. The molecule has 0 aliphatic carbocycles. The fourth-order valence-electron chi connectivity index (χ4n) is 2.21. The first-order valence-electron chi connectivity index (χ1n) is 5.91. The highest BCUT2D eigenvalue weighted by molar-refractivity contribution is 5.14. The summed E-state index contributed by atoms with van der Waals surface area (Å²) in [5, 5.41) is 0. The van der Waals surface area contributed by atoms with Crippen molar-refractivity contribution in [1.82, 2.24) is 4.90 Å². The number of epoxide rings is 1. The topological polar surface area (TPSA) is 25.0 Å². The van der Waals surface area contributed by atoms with Gasteiger partial charge in [0.25, 0.3) is 0 Å². The van der Waals surface area contributed by atoms with Gasteiger partial charge in [-0.15, -0.1) is 0 Å². The molecule has 2 saturated heterocycles. The predicted molar refractivity (Wildman–Crippen MR) is 61.2 cm³/mol. The first-order chi connectivity index (χ1) is 7.92. The lowest BCUT2D eigenvalue weighted by atomic mass is 10.1. The first kappa shape index (κ1) is 10.3. The summed E-state index contributed by atoms with van der Waals surface area (Å²) in [5.74, 6) is 0. The summed E-state index contributed by atoms with van der Waals surface area (Å²) in [5.41, 5.74) is 1.37. The molecule has 2 aliphatic heterocycles. The molecule has 1 aromatic carbocycles. The molecule has 0 radical (unpaired) electrons. The van der Waals surface area contributed by atoms with E-state index in [1.165, 1.54) is 5.56 Å². The summed E-state index contributed by atoms with van der Waals surface area (Å²) < 4.78 is 11.0. The van der Waals surface area contributed by atoms with E-state index in [4.69, 9.17) is 9.47 Å². The van der Waals surface area contributed by atoms with E-state index in [2.05, 4.69) is 35.2 Å². The molecule has 0 spiro atoms. The van der Waals surface area contributed by atoms with Gasteiger partial charge in [0.05, 0.1) is 19.3 Å². The summed E-state index contributed by atoms with van der Waals surface area (Å²) in [7, 11) is 0. The number of morpholine rings is 1. The molecule has 0 saturated carbocycles. The van der Waals surface area contributed by atoms with Gasteiger partial charge in [0.2, 0.25) is 0 Å². The number of ether oxygens (including phenoxy) is 2. The van der Waals surface area contributed by atoms with Gasteiger partial charge in [0.15, 0.2) is 0 Å². The predicted octanol–water partition coefficient (Wildman–Crippen LogP) is 1.29. The third-order valence-corrected chi connectivity index (χ3v) is 3.20. The van der Waals surface area contributed by atoms with Gasteiger partial charge in [0.1, 0.15) is 6.10 Å². The normalized spacial score (nSPS) is 30.2. The van der Waals surface area contributed by atoms with Crippen LogP contribution in [0.3, 0.4) is 0 Å². The van der Waals surface area contributed by atoms with Crippen LogP contribution in [0.4, 0.5) is 0 Å². The van der Waals surface area contributed by atoms with Crippen LogP contribution in [0.25, 0.3) is 0 Å². The Morgan fingerprint density at radius 2 is 1.94 bits per heavy atom. The van der Waals surface area contributed by atoms with Crippen LogP contribution >= 0.6 is 0 Å². The number of rotatable bonds is 3. The first-order valence-corrected chi connectivity index (χ1v) is 5.91. The van der Waals surface area contributed by atoms with E-state index < -0.39 is 0 Å². The van der Waals surface area contributed by atoms with E-state index in [1.807, 2.05) is 0 Å². The van der Waals surface area contributed by atoms with Crippen molar-refractivity contribution in [3.63, 3.8) is 0 Å². The van der Waals surface area contributed by atoms with Gasteiger partial charge < -0.3 is 9.47 Å². The second-order valence-electron chi connectivity index (χ2n) is 4.50. The molecule has 16 heavy (non-hydrogen) atoms. The molecular formula is C13H17NO2. The zero-order valence-corrected chi connectivity index (χ0v) is 9.34. The molecule has 0 aromatic heterocycles. The third-order valence-electron chi connectivity index (χ3n) is 3.20. The molecule has 2 atom stereocenters. The van der Waals surface area contributed by atoms with Crippen LogP contribution < -0.4 is 0 Å². The molecule has 86 valence electrons. The Labute approximate surface area is 96.0 Å². The van der Waals surface area contributed by atoms with Gasteiger partial charge in [-0.25, -0.2) is 0 Å². The Hall–Kier alpha value is -0.900. The maximum atomic E-state index is 5.70. The molecule has 0 amide bonds. The highest BCUT2D eigenvalue weighted by atomic mass is 16.6. The van der Waals surface area contributed by atoms with Gasteiger partial charge in [-0.1, -0.05) is 30.3 Å². The largest absolute Gasteiger partial charge is 0.373 e. The fourth-order valence-corrected chi connectivity index (χ4v) is 2.21. The zero-order chi connectivity index (χ0) is 10.8. The quantitative estimate of drug-likeness (QED) is 0.716. The van der Waals surface area contributed by atoms with Gasteiger partial charge in [-0.05, 0) is 5.56 Å². The summed E-state index contributed by atoms with van der Waals surface area (Å²) in [6.45, 7) is 4.76. The van der Waals surface area contributed by atoms with E-state index in [9.17, 15) is 0 Å². The average Bonchev–Trinajstić information content (AvgIpc) is 3.15. The van der Waals surface area contributed by atoms with Crippen molar-refractivity contribution in [1.29, 1.82) is 0 Å². The summed E-state index contributed by atoms with van der Waals surface area (Å²) in [6, 6.07) is 10.6. The Morgan fingerprint density at radius 1 is 1.12 bits per heavy atom. The molecular weight excluding hydrogens is 202 g/mol. The smallest absolute Gasteiger partial charge is 0.108 e. The minimum Gasteiger partial charge on any atom is -0.373 e. The number of benzene rings is 1. The van der Waals surface area contributed by atoms with E-state index in [0.717, 1.165) is 32.8 Å². The highest BCUT2D eigenvalue weighted by Gasteiger charge is 2.36. The van der Waals surface area contributed by atoms with Crippen molar-refractivity contribution in [2.24, 2.45) is 0 Å². The molecule has 2 fully saturated rings. The lowest BCUT2D eigenvalue weighted by molar-refractivity contribution is -0.0432. The van der Waals surface area contributed by atoms with E-state index in [1.54, 1.807) is 0 Å². The molecule has 3 rings (SSSR count). The van der Waals surface area contributed by atoms with Crippen LogP contribution in [0.5, 0.6) is 0 Å². The standard InChI is InChI=1S/C13H17NO2/c1-2-4-11(5-3-1)8-14-6-7-15-12(9-14)13-10-16-13/h1-5,12-13H,6-10H2. The summed E-state index contributed by atoms with van der Waals surface area (Å²) in [4.78, 5) is 2.45. The molecule has 1 aromatic rings. The Balaban J connectivity index is 1.58. The van der Waals surface area contributed by atoms with E-state index >= 15 is 0 Å².